The van der Waals surface area contributed by atoms with Crippen LogP contribution in [-0.2, 0) is 14.3 Å². The van der Waals surface area contributed by atoms with E-state index in [0.29, 0.717) is 12.2 Å². The Labute approximate surface area is 171 Å². The third kappa shape index (κ3) is 5.61. The number of fused-ring (bicyclic) bond motifs is 2. The maximum absolute atomic E-state index is 12.3. The summed E-state index contributed by atoms with van der Waals surface area (Å²) >= 11 is 1.14. The standard InChI is InChI=1S/C21H31NO5S/c1-14-6-4-5-8-20(2,3)9-7-15-11-16(26-18(23)10-14)12-21(25,27-15)17-13-28-19(24)22-17/h5,8,10,15-17,25H,4,6-7,9,11-13H2,1-3H3,(H,22,24)/t15-,16-,17+,21-/m1/s1. The highest BCUT2D eigenvalue weighted by Gasteiger charge is 2.49. The summed E-state index contributed by atoms with van der Waals surface area (Å²) in [5, 5.41) is 13.8. The molecule has 0 unspecified atom stereocenters. The van der Waals surface area contributed by atoms with Gasteiger partial charge >= 0.3 is 5.97 Å². The zero-order valence-corrected chi connectivity index (χ0v) is 17.7. The largest absolute Gasteiger partial charge is 0.459 e. The first-order valence-corrected chi connectivity index (χ1v) is 11.0. The van der Waals surface area contributed by atoms with Gasteiger partial charge in [0, 0.05) is 24.7 Å². The number of thioether (sulfide) groups is 1. The fraction of sp³-hybridized carbons (Fsp3) is 0.714. The molecule has 7 heteroatoms. The third-order valence-corrected chi connectivity index (χ3v) is 6.55. The van der Waals surface area contributed by atoms with Gasteiger partial charge in [-0.2, -0.15) is 0 Å². The molecule has 1 amide bonds. The zero-order chi connectivity index (χ0) is 20.4. The van der Waals surface area contributed by atoms with Crippen LogP contribution in [0.4, 0.5) is 4.79 Å². The second-order valence-corrected chi connectivity index (χ2v) is 9.83. The summed E-state index contributed by atoms with van der Waals surface area (Å²) in [5.74, 6) is -1.46. The predicted octanol–water partition coefficient (Wildman–Crippen LogP) is 3.69. The number of ether oxygens (including phenoxy) is 2. The van der Waals surface area contributed by atoms with Gasteiger partial charge in [0.15, 0.2) is 5.79 Å². The number of aliphatic hydroxyl groups is 1. The Hall–Kier alpha value is -1.31. The van der Waals surface area contributed by atoms with Crippen molar-refractivity contribution in [2.24, 2.45) is 5.41 Å². The number of nitrogens with one attached hydrogen (secondary N) is 1. The van der Waals surface area contributed by atoms with Crippen molar-refractivity contribution >= 4 is 23.0 Å². The molecule has 0 aromatic heterocycles. The number of amides is 1. The summed E-state index contributed by atoms with van der Waals surface area (Å²) in [5.41, 5.74) is 0.993. The molecule has 0 aromatic rings. The topological polar surface area (TPSA) is 84.9 Å². The Morgan fingerprint density at radius 1 is 1.29 bits per heavy atom. The summed E-state index contributed by atoms with van der Waals surface area (Å²) < 4.78 is 11.8. The Morgan fingerprint density at radius 2 is 2.07 bits per heavy atom. The molecular weight excluding hydrogens is 378 g/mol. The maximum atomic E-state index is 12.3. The van der Waals surface area contributed by atoms with E-state index in [1.165, 1.54) is 0 Å². The van der Waals surface area contributed by atoms with Crippen LogP contribution in [0.5, 0.6) is 0 Å². The fourth-order valence-electron chi connectivity index (χ4n) is 4.01. The number of carbonyl (C=O) groups is 2. The van der Waals surface area contributed by atoms with Crippen molar-refractivity contribution in [2.45, 2.75) is 83.3 Å². The van der Waals surface area contributed by atoms with Gasteiger partial charge in [0.2, 0.25) is 0 Å². The average Bonchev–Trinajstić information content (AvgIpc) is 3.03. The molecule has 2 bridgehead atoms. The molecule has 0 aromatic carbocycles. The van der Waals surface area contributed by atoms with Crippen LogP contribution in [0.2, 0.25) is 0 Å². The van der Waals surface area contributed by atoms with E-state index < -0.39 is 17.9 Å². The minimum absolute atomic E-state index is 0.0181. The van der Waals surface area contributed by atoms with Gasteiger partial charge in [-0.1, -0.05) is 43.3 Å². The van der Waals surface area contributed by atoms with E-state index in [0.717, 1.165) is 43.0 Å². The van der Waals surface area contributed by atoms with Crippen molar-refractivity contribution in [1.82, 2.24) is 5.32 Å². The van der Waals surface area contributed by atoms with Gasteiger partial charge in [-0.3, -0.25) is 4.79 Å². The van der Waals surface area contributed by atoms with Gasteiger partial charge < -0.3 is 19.9 Å². The minimum Gasteiger partial charge on any atom is -0.459 e. The highest BCUT2D eigenvalue weighted by molar-refractivity contribution is 8.14. The van der Waals surface area contributed by atoms with Crippen molar-refractivity contribution < 1.29 is 24.2 Å². The fourth-order valence-corrected chi connectivity index (χ4v) is 4.89. The molecule has 2 fully saturated rings. The lowest BCUT2D eigenvalue weighted by atomic mass is 9.83. The molecule has 3 heterocycles. The molecule has 0 radical (unpaired) electrons. The van der Waals surface area contributed by atoms with Crippen LogP contribution in [-0.4, -0.2) is 46.1 Å². The Balaban J connectivity index is 1.82. The lowest BCUT2D eigenvalue weighted by molar-refractivity contribution is -0.284. The molecule has 28 heavy (non-hydrogen) atoms. The van der Waals surface area contributed by atoms with Gasteiger partial charge in [0.05, 0.1) is 12.1 Å². The van der Waals surface area contributed by atoms with Crippen LogP contribution in [0.25, 0.3) is 0 Å². The molecule has 3 aliphatic heterocycles. The van der Waals surface area contributed by atoms with Crippen LogP contribution in [0.1, 0.15) is 59.3 Å². The van der Waals surface area contributed by atoms with E-state index in [1.54, 1.807) is 6.08 Å². The van der Waals surface area contributed by atoms with Crippen molar-refractivity contribution in [1.29, 1.82) is 0 Å². The van der Waals surface area contributed by atoms with Gasteiger partial charge in [0.1, 0.15) is 6.10 Å². The summed E-state index contributed by atoms with van der Waals surface area (Å²) in [4.78, 5) is 24.0. The third-order valence-electron chi connectivity index (χ3n) is 5.67. The highest BCUT2D eigenvalue weighted by Crippen LogP contribution is 2.38. The Morgan fingerprint density at radius 3 is 2.79 bits per heavy atom. The SMILES string of the molecule is CC1=CC(=O)O[C@@H]2C[C@@H](CCC(C)(C)C=CCC1)O[C@@](O)([C@@H]1CSC(=O)N1)C2. The normalized spacial score (nSPS) is 36.9. The molecule has 3 aliphatic rings. The molecule has 6 nitrogen and oxygen atoms in total. The van der Waals surface area contributed by atoms with E-state index in [4.69, 9.17) is 9.47 Å². The zero-order valence-electron chi connectivity index (χ0n) is 16.9. The van der Waals surface area contributed by atoms with Crippen LogP contribution in [0.3, 0.4) is 0 Å². The Kier molecular flexibility index (Phi) is 6.57. The first-order valence-electron chi connectivity index (χ1n) is 10.0. The lowest BCUT2D eigenvalue weighted by Gasteiger charge is -2.44. The smallest absolute Gasteiger partial charge is 0.330 e. The number of hydrogen-bond donors (Lipinski definition) is 2. The molecule has 156 valence electrons. The van der Waals surface area contributed by atoms with Crippen LogP contribution < -0.4 is 5.32 Å². The number of allylic oxidation sites excluding steroid dienone is 3. The van der Waals surface area contributed by atoms with E-state index in [9.17, 15) is 14.7 Å². The summed E-state index contributed by atoms with van der Waals surface area (Å²) in [6.07, 6.45) is 9.32. The molecule has 2 N–H and O–H groups in total. The predicted molar refractivity (Wildman–Crippen MR) is 109 cm³/mol. The highest BCUT2D eigenvalue weighted by atomic mass is 32.2. The molecule has 0 spiro atoms. The first-order chi connectivity index (χ1) is 13.2. The average molecular weight is 410 g/mol. The second-order valence-electron chi connectivity index (χ2n) is 8.84. The number of esters is 1. The number of rotatable bonds is 1. The van der Waals surface area contributed by atoms with Gasteiger partial charge in [-0.15, -0.1) is 0 Å². The molecule has 2 saturated heterocycles. The van der Waals surface area contributed by atoms with Gasteiger partial charge in [-0.25, -0.2) is 4.79 Å². The Bertz CT molecular complexity index is 674. The molecular formula is C21H31NO5S. The summed E-state index contributed by atoms with van der Waals surface area (Å²) in [7, 11) is 0. The van der Waals surface area contributed by atoms with Crippen molar-refractivity contribution in [2.75, 3.05) is 5.75 Å². The second kappa shape index (κ2) is 8.59. The van der Waals surface area contributed by atoms with Crippen LogP contribution >= 0.6 is 11.8 Å². The maximum Gasteiger partial charge on any atom is 0.330 e. The summed E-state index contributed by atoms with van der Waals surface area (Å²) in [6.45, 7) is 6.32. The molecule has 4 atom stereocenters. The minimum atomic E-state index is -1.52. The van der Waals surface area contributed by atoms with E-state index in [1.807, 2.05) is 6.92 Å². The molecule has 0 aliphatic carbocycles. The quantitative estimate of drug-likeness (QED) is 0.507. The first kappa shape index (κ1) is 21.4. The van der Waals surface area contributed by atoms with E-state index in [-0.39, 0.29) is 29.1 Å². The molecule has 0 saturated carbocycles. The van der Waals surface area contributed by atoms with Crippen molar-refractivity contribution in [3.8, 4) is 0 Å². The monoisotopic (exact) mass is 409 g/mol. The lowest BCUT2D eigenvalue weighted by Crippen LogP contribution is -2.58. The number of carbonyl (C=O) groups excluding carboxylic acids is 2. The van der Waals surface area contributed by atoms with Crippen LogP contribution in [0.15, 0.2) is 23.8 Å². The summed E-state index contributed by atoms with van der Waals surface area (Å²) in [6, 6.07) is -0.502. The van der Waals surface area contributed by atoms with Gasteiger partial charge in [0.25, 0.3) is 5.24 Å². The van der Waals surface area contributed by atoms with Gasteiger partial charge in [-0.05, 0) is 38.0 Å². The van der Waals surface area contributed by atoms with Crippen molar-refractivity contribution in [3.05, 3.63) is 23.8 Å². The van der Waals surface area contributed by atoms with Crippen molar-refractivity contribution in [3.63, 3.8) is 0 Å². The number of hydrogen-bond acceptors (Lipinski definition) is 6. The van der Waals surface area contributed by atoms with Crippen LogP contribution in [0, 0.1) is 5.41 Å². The van der Waals surface area contributed by atoms with E-state index in [2.05, 4.69) is 31.3 Å². The molecule has 3 rings (SSSR count). The van der Waals surface area contributed by atoms with E-state index >= 15 is 0 Å².